The van der Waals surface area contributed by atoms with E-state index in [4.69, 9.17) is 15.0 Å². The Bertz CT molecular complexity index is 5940. The summed E-state index contributed by atoms with van der Waals surface area (Å²) in [6, 6.07) is 71.4. The number of aliphatic hydroxyl groups is 3. The van der Waals surface area contributed by atoms with E-state index in [1.165, 1.54) is 116 Å². The van der Waals surface area contributed by atoms with Gasteiger partial charge in [0.15, 0.2) is 17.3 Å². The second kappa shape index (κ2) is 50.8. The second-order valence-electron chi connectivity index (χ2n) is 43.4. The van der Waals surface area contributed by atoms with Crippen LogP contribution in [0.5, 0.6) is 0 Å². The average molecular weight is 2410 g/mol. The molecule has 3 aliphatic rings. The summed E-state index contributed by atoms with van der Waals surface area (Å²) in [7, 11) is 0. The van der Waals surface area contributed by atoms with Crippen LogP contribution in [0, 0.1) is 113 Å². The number of nitrogens with zero attached hydrogens (tertiary/aromatic N) is 3. The first-order chi connectivity index (χ1) is 64.5. The Morgan fingerprint density at radius 2 is 0.614 bits per heavy atom. The molecule has 0 aliphatic heterocycles. The van der Waals surface area contributed by atoms with Gasteiger partial charge in [0.25, 0.3) is 0 Å². The van der Waals surface area contributed by atoms with Crippen LogP contribution < -0.4 is 0 Å². The van der Waals surface area contributed by atoms with Gasteiger partial charge in [-0.15, -0.1) is 105 Å². The standard InChI is InChI=1S/3C30H30N.C14H26O2.2C12H22O2.3Ir/c3*1-18(2)11-21-15-28(22-13-19(3)12-20(4)14-22)31-29-17-27-25(16-24(21)29)23-9-7-8-10-26(23)30(27,5)6;1-6-11(7-2)13(15)10(5)14(16)12(8-3)9-4;1-8(2)6-11(13)10(5)12(14)7-9(3)4;1-6-8(3)11(13)10(5)12(14)9(4)7-2;;;/h3*7-10,12-13,15-18H,11H2,1-6H3;11-12,15H,6-9H2,1-5H3;2*8-9,13H,6-7H2,1-5H3;;;/q3*-1;;;;;;. The molecule has 3 heterocycles. The number of Topliss-reactive ketones (excluding diaryl/α,β-unsaturated/α-hetero) is 3. The molecule has 0 saturated heterocycles. The Morgan fingerprint density at radius 3 is 0.886 bits per heavy atom. The number of fused-ring (bicyclic) bond motifs is 12. The number of benzene rings is 9. The van der Waals surface area contributed by atoms with E-state index in [2.05, 4.69) is 307 Å². The van der Waals surface area contributed by atoms with Crippen LogP contribution in [-0.2, 0) is 110 Å². The van der Waals surface area contributed by atoms with Gasteiger partial charge in [-0.3, -0.25) is 29.3 Å². The zero-order valence-electron chi connectivity index (χ0n) is 90.5. The summed E-state index contributed by atoms with van der Waals surface area (Å²) < 4.78 is 0. The summed E-state index contributed by atoms with van der Waals surface area (Å²) in [5, 5.41) is 33.3. The number of rotatable bonds is 26. The fourth-order valence-corrected chi connectivity index (χ4v) is 20.4. The van der Waals surface area contributed by atoms with Gasteiger partial charge in [0, 0.05) is 146 Å². The van der Waals surface area contributed by atoms with Crippen molar-refractivity contribution in [1.29, 1.82) is 0 Å². The third-order valence-corrected chi connectivity index (χ3v) is 28.4. The monoisotopic (exact) mass is 2410 g/mol. The zero-order valence-corrected chi connectivity index (χ0v) is 97.7. The summed E-state index contributed by atoms with van der Waals surface area (Å²) in [5.74, 6) is 3.87. The van der Waals surface area contributed by atoms with Crippen molar-refractivity contribution in [2.75, 3.05) is 0 Å². The number of aryl methyl sites for hydroxylation is 6. The third kappa shape index (κ3) is 27.7. The Kier molecular flexibility index (Phi) is 42.8. The Hall–Kier alpha value is -9.21. The Balaban J connectivity index is 0.000000236. The molecule has 753 valence electrons. The molecule has 12 aromatic rings. The SMILES string of the molecule is CC(C(=O)CC(C)C)=C(O)CC(C)C.CCC(C)C(=O)C(C)=C(O)C(C)CC.CCC(CC)C(=O)C(C)=C(O)C(CC)CC.Cc1[c-]c(-c2cc(CC(C)C)c3cc4c(cc3n2)C(C)(C)c2ccccc2-4)cc(C)c1.Cc1[c-]c(-c2cc(CC(C)C)c3cc4c(cc3n2)C(C)(C)c2ccccc2-4)cc(C)c1.Cc1[c-]c(-c2cc(CC(C)C)c3cc4c(cc3n2)C(C)(C)c2ccccc2-4)cc(C)c1.[Ir].[Ir].[Ir]. The van der Waals surface area contributed by atoms with Crippen LogP contribution >= 0.6 is 0 Å². The zero-order chi connectivity index (χ0) is 101. The van der Waals surface area contributed by atoms with E-state index >= 15 is 0 Å². The van der Waals surface area contributed by atoms with E-state index in [1.54, 1.807) is 20.8 Å². The number of hydrogen-bond acceptors (Lipinski definition) is 9. The summed E-state index contributed by atoms with van der Waals surface area (Å²) in [5.41, 5.74) is 39.2. The van der Waals surface area contributed by atoms with Crippen molar-refractivity contribution in [2.24, 2.45) is 53.3 Å². The number of carbonyl (C=O) groups is 3. The fourth-order valence-electron chi connectivity index (χ4n) is 20.4. The molecule has 0 fully saturated rings. The maximum absolute atomic E-state index is 12.1. The topological polar surface area (TPSA) is 151 Å². The van der Waals surface area contributed by atoms with E-state index in [0.717, 1.165) is 125 Å². The number of aromatic nitrogens is 3. The molecule has 12 heteroatoms. The molecule has 15 rings (SSSR count). The van der Waals surface area contributed by atoms with Crippen molar-refractivity contribution >= 4 is 50.1 Å². The van der Waals surface area contributed by atoms with Crippen LogP contribution in [0.4, 0.5) is 0 Å². The summed E-state index contributed by atoms with van der Waals surface area (Å²) in [6.45, 7) is 69.7. The van der Waals surface area contributed by atoms with Crippen molar-refractivity contribution in [3.05, 3.63) is 299 Å². The molecular formula is C128H160Ir3N3O6-3. The van der Waals surface area contributed by atoms with Gasteiger partial charge in [0.1, 0.15) is 11.5 Å². The third-order valence-electron chi connectivity index (χ3n) is 28.4. The van der Waals surface area contributed by atoms with Crippen LogP contribution in [0.2, 0.25) is 0 Å². The number of pyridine rings is 3. The quantitative estimate of drug-likeness (QED) is 0.0273. The van der Waals surface area contributed by atoms with E-state index in [-0.39, 0.29) is 129 Å². The molecule has 0 bridgehead atoms. The van der Waals surface area contributed by atoms with Gasteiger partial charge in [-0.2, -0.15) is 0 Å². The largest absolute Gasteiger partial charge is 0.512 e. The molecule has 9 aromatic carbocycles. The number of allylic oxidation sites excluding steroid dienone is 6. The van der Waals surface area contributed by atoms with Crippen LogP contribution in [0.1, 0.15) is 322 Å². The van der Waals surface area contributed by atoms with Gasteiger partial charge >= 0.3 is 0 Å². The predicted octanol–water partition coefficient (Wildman–Crippen LogP) is 34.7. The van der Waals surface area contributed by atoms with Crippen molar-refractivity contribution in [2.45, 2.75) is 315 Å². The van der Waals surface area contributed by atoms with Gasteiger partial charge < -0.3 is 15.3 Å². The molecule has 0 spiro atoms. The molecule has 3 aliphatic carbocycles. The first-order valence-corrected chi connectivity index (χ1v) is 51.1. The summed E-state index contributed by atoms with van der Waals surface area (Å²) in [6.07, 6.45) is 9.39. The van der Waals surface area contributed by atoms with Crippen LogP contribution in [0.15, 0.2) is 198 Å². The minimum Gasteiger partial charge on any atom is -0.512 e. The van der Waals surface area contributed by atoms with Gasteiger partial charge in [-0.1, -0.05) is 299 Å². The molecule has 3 aromatic heterocycles. The molecule has 140 heavy (non-hydrogen) atoms. The van der Waals surface area contributed by atoms with Crippen molar-refractivity contribution in [3.63, 3.8) is 0 Å². The van der Waals surface area contributed by atoms with Gasteiger partial charge in [0.05, 0.1) is 22.3 Å². The minimum absolute atomic E-state index is 0. The van der Waals surface area contributed by atoms with Gasteiger partial charge in [0.2, 0.25) is 0 Å². The van der Waals surface area contributed by atoms with Crippen molar-refractivity contribution in [3.8, 4) is 67.2 Å². The molecule has 2 atom stereocenters. The van der Waals surface area contributed by atoms with Crippen LogP contribution in [0.25, 0.3) is 99.9 Å². The van der Waals surface area contributed by atoms with Gasteiger partial charge in [-0.05, 0) is 245 Å². The molecule has 3 radical (unpaired) electrons. The predicted molar refractivity (Wildman–Crippen MR) is 582 cm³/mol. The minimum atomic E-state index is -0.0118. The van der Waals surface area contributed by atoms with E-state index in [1.807, 2.05) is 83.1 Å². The Labute approximate surface area is 883 Å². The van der Waals surface area contributed by atoms with Crippen LogP contribution in [-0.4, -0.2) is 47.6 Å². The molecule has 2 unspecified atom stereocenters. The smallest absolute Gasteiger partial charge is 0.164 e. The van der Waals surface area contributed by atoms with Crippen molar-refractivity contribution in [1.82, 2.24) is 15.0 Å². The van der Waals surface area contributed by atoms with Crippen molar-refractivity contribution < 1.29 is 90.0 Å². The summed E-state index contributed by atoms with van der Waals surface area (Å²) in [4.78, 5) is 50.9. The van der Waals surface area contributed by atoms with Gasteiger partial charge in [-0.25, -0.2) is 0 Å². The molecule has 0 amide bonds. The summed E-state index contributed by atoms with van der Waals surface area (Å²) >= 11 is 0. The maximum Gasteiger partial charge on any atom is 0.164 e. The van der Waals surface area contributed by atoms with Crippen LogP contribution in [0.3, 0.4) is 0 Å². The fraction of sp³-hybridized carbons (Fsp3) is 0.438. The van der Waals surface area contributed by atoms with E-state index in [9.17, 15) is 29.7 Å². The van der Waals surface area contributed by atoms with E-state index < -0.39 is 0 Å². The Morgan fingerprint density at radius 1 is 0.321 bits per heavy atom. The average Bonchev–Trinajstić information content (AvgIpc) is 1.58. The molecule has 0 saturated carbocycles. The number of aliphatic hydroxyl groups excluding tert-OH is 3. The maximum atomic E-state index is 12.1. The first kappa shape index (κ1) is 118. The molecule has 9 nitrogen and oxygen atoms in total. The first-order valence-electron chi connectivity index (χ1n) is 51.1. The van der Waals surface area contributed by atoms with E-state index in [0.29, 0.717) is 64.9 Å². The number of ketones is 3. The molecular weight excluding hydrogens is 2250 g/mol. The number of carbonyl (C=O) groups excluding carboxylic acids is 3. The normalized spacial score (nSPS) is 14.0. The molecule has 3 N–H and O–H groups in total. The second-order valence-corrected chi connectivity index (χ2v) is 43.4. The number of hydrogen-bond donors (Lipinski definition) is 3.